The average Bonchev–Trinajstić information content (AvgIpc) is 2.86. The molecule has 0 fully saturated rings. The quantitative estimate of drug-likeness (QED) is 0.873. The predicted octanol–water partition coefficient (Wildman–Crippen LogP) is 2.50. The van der Waals surface area contributed by atoms with Gasteiger partial charge in [0.25, 0.3) is 0 Å². The van der Waals surface area contributed by atoms with Crippen molar-refractivity contribution in [2.45, 2.75) is 20.4 Å². The van der Waals surface area contributed by atoms with Crippen LogP contribution in [-0.4, -0.2) is 16.0 Å². The van der Waals surface area contributed by atoms with E-state index < -0.39 is 0 Å². The van der Waals surface area contributed by atoms with E-state index in [9.17, 15) is 0 Å². The molecule has 7 heteroatoms. The molecule has 5 nitrogen and oxygen atoms in total. The largest absolute Gasteiger partial charge is 0.487 e. The van der Waals surface area contributed by atoms with E-state index in [2.05, 4.69) is 14.7 Å². The van der Waals surface area contributed by atoms with E-state index in [-0.39, 0.29) is 0 Å². The fraction of sp³-hybridized carbons (Fsp3) is 0.400. The smallest absolute Gasteiger partial charge is 0.197 e. The normalized spacial score (nSPS) is 10.5. The number of nitrogens with two attached hydrogens (primary N) is 1. The average molecular weight is 270 g/mol. The molecule has 0 radical (unpaired) electrons. The van der Waals surface area contributed by atoms with Gasteiger partial charge >= 0.3 is 0 Å². The summed E-state index contributed by atoms with van der Waals surface area (Å²) in [6.45, 7) is 5.20. The van der Waals surface area contributed by atoms with Crippen molar-refractivity contribution in [2.75, 3.05) is 17.7 Å². The zero-order valence-corrected chi connectivity index (χ0v) is 11.3. The molecule has 2 aromatic heterocycles. The van der Waals surface area contributed by atoms with Crippen molar-refractivity contribution in [2.24, 2.45) is 0 Å². The zero-order chi connectivity index (χ0) is 12.3. The van der Waals surface area contributed by atoms with Crippen molar-refractivity contribution >= 4 is 33.7 Å². The summed E-state index contributed by atoms with van der Waals surface area (Å²) in [6, 6.07) is 0. The molecule has 3 N–H and O–H groups in total. The molecule has 0 aromatic carbocycles. The molecule has 0 atom stereocenters. The molecule has 0 spiro atoms. The summed E-state index contributed by atoms with van der Waals surface area (Å²) in [5.74, 6) is 1.08. The molecule has 2 aromatic rings. The lowest BCUT2D eigenvalue weighted by Gasteiger charge is -2.05. The van der Waals surface area contributed by atoms with Gasteiger partial charge in [0.1, 0.15) is 5.01 Å². The number of thiazole rings is 1. The Labute approximate surface area is 108 Å². The van der Waals surface area contributed by atoms with Gasteiger partial charge in [-0.3, -0.25) is 0 Å². The summed E-state index contributed by atoms with van der Waals surface area (Å²) in [5.41, 5.74) is 5.72. The summed E-state index contributed by atoms with van der Waals surface area (Å²) < 4.78 is 9.51. The maximum Gasteiger partial charge on any atom is 0.197 e. The first-order valence-electron chi connectivity index (χ1n) is 5.23. The van der Waals surface area contributed by atoms with Gasteiger partial charge in [0, 0.05) is 11.1 Å². The Hall–Kier alpha value is -1.34. The number of nitrogens with zero attached hydrogens (tertiary/aromatic N) is 2. The van der Waals surface area contributed by atoms with Gasteiger partial charge in [-0.05, 0) is 25.4 Å². The third-order valence-corrected chi connectivity index (χ3v) is 3.75. The van der Waals surface area contributed by atoms with Crippen LogP contribution in [0.5, 0.6) is 5.75 Å². The van der Waals surface area contributed by atoms with Crippen LogP contribution in [0.1, 0.15) is 16.8 Å². The number of hydrogen-bond acceptors (Lipinski definition) is 7. The van der Waals surface area contributed by atoms with Gasteiger partial charge in [-0.1, -0.05) is 0 Å². The van der Waals surface area contributed by atoms with Gasteiger partial charge in [-0.15, -0.1) is 11.3 Å². The lowest BCUT2D eigenvalue weighted by Crippen LogP contribution is -2.01. The molecule has 92 valence electrons. The third-order valence-electron chi connectivity index (χ3n) is 2.03. The SMILES string of the molecule is CCOc1c(N)nsc1NCc1ncc(C)s1. The van der Waals surface area contributed by atoms with Gasteiger partial charge in [-0.25, -0.2) is 4.98 Å². The van der Waals surface area contributed by atoms with Crippen molar-refractivity contribution in [3.8, 4) is 5.75 Å². The molecular weight excluding hydrogens is 256 g/mol. The van der Waals surface area contributed by atoms with Crippen molar-refractivity contribution in [1.29, 1.82) is 0 Å². The van der Waals surface area contributed by atoms with E-state index in [0.717, 1.165) is 10.0 Å². The maximum atomic E-state index is 5.72. The van der Waals surface area contributed by atoms with Crippen LogP contribution in [0.2, 0.25) is 0 Å². The molecule has 0 aliphatic rings. The summed E-state index contributed by atoms with van der Waals surface area (Å²) >= 11 is 2.98. The van der Waals surface area contributed by atoms with E-state index in [1.54, 1.807) is 11.3 Å². The topological polar surface area (TPSA) is 73.1 Å². The second-order valence-electron chi connectivity index (χ2n) is 3.38. The molecule has 0 bridgehead atoms. The van der Waals surface area contributed by atoms with Gasteiger partial charge in [-0.2, -0.15) is 4.37 Å². The minimum Gasteiger partial charge on any atom is -0.487 e. The summed E-state index contributed by atoms with van der Waals surface area (Å²) in [6.07, 6.45) is 1.87. The van der Waals surface area contributed by atoms with Crippen LogP contribution in [0, 0.1) is 6.92 Å². The maximum absolute atomic E-state index is 5.72. The minimum absolute atomic E-state index is 0.440. The van der Waals surface area contributed by atoms with Crippen LogP contribution in [0.15, 0.2) is 6.20 Å². The Balaban J connectivity index is 2.03. The van der Waals surface area contributed by atoms with E-state index >= 15 is 0 Å². The highest BCUT2D eigenvalue weighted by Gasteiger charge is 2.12. The number of aromatic nitrogens is 2. The van der Waals surface area contributed by atoms with Crippen molar-refractivity contribution in [3.63, 3.8) is 0 Å². The van der Waals surface area contributed by atoms with Gasteiger partial charge in [0.2, 0.25) is 0 Å². The minimum atomic E-state index is 0.440. The molecule has 2 rings (SSSR count). The lowest BCUT2D eigenvalue weighted by molar-refractivity contribution is 0.344. The Morgan fingerprint density at radius 1 is 1.53 bits per heavy atom. The third kappa shape index (κ3) is 2.86. The van der Waals surface area contributed by atoms with E-state index in [4.69, 9.17) is 10.5 Å². The molecule has 0 unspecified atom stereocenters. The Morgan fingerprint density at radius 2 is 2.35 bits per heavy atom. The Kier molecular flexibility index (Phi) is 3.80. The van der Waals surface area contributed by atoms with Crippen LogP contribution < -0.4 is 15.8 Å². The van der Waals surface area contributed by atoms with Gasteiger partial charge in [0.15, 0.2) is 16.6 Å². The van der Waals surface area contributed by atoms with Gasteiger partial charge in [0.05, 0.1) is 13.2 Å². The van der Waals surface area contributed by atoms with Crippen molar-refractivity contribution < 1.29 is 4.74 Å². The van der Waals surface area contributed by atoms with Crippen LogP contribution in [0.4, 0.5) is 10.8 Å². The number of nitrogens with one attached hydrogen (secondary N) is 1. The summed E-state index contributed by atoms with van der Waals surface area (Å²) in [5, 5.41) is 5.14. The zero-order valence-electron chi connectivity index (χ0n) is 9.69. The molecular formula is C10H14N4OS2. The van der Waals surface area contributed by atoms with E-state index in [1.807, 2.05) is 20.0 Å². The molecule has 0 aliphatic carbocycles. The first-order chi connectivity index (χ1) is 8.20. The highest BCUT2D eigenvalue weighted by atomic mass is 32.1. The van der Waals surface area contributed by atoms with Crippen LogP contribution in [0.25, 0.3) is 0 Å². The number of rotatable bonds is 5. The number of ether oxygens (including phenoxy) is 1. The second-order valence-corrected chi connectivity index (χ2v) is 5.47. The highest BCUT2D eigenvalue weighted by Crippen LogP contribution is 2.35. The molecule has 0 aliphatic heterocycles. The van der Waals surface area contributed by atoms with Crippen LogP contribution in [0.3, 0.4) is 0 Å². The standard InChI is InChI=1S/C10H14N4OS2/c1-3-15-8-9(11)14-17-10(8)13-5-7-12-4-6(2)16-7/h4,13H,3,5H2,1-2H3,(H2,11,14). The highest BCUT2D eigenvalue weighted by molar-refractivity contribution is 7.12. The first-order valence-corrected chi connectivity index (χ1v) is 6.82. The van der Waals surface area contributed by atoms with E-state index in [1.165, 1.54) is 16.4 Å². The van der Waals surface area contributed by atoms with Crippen LogP contribution in [-0.2, 0) is 6.54 Å². The monoisotopic (exact) mass is 270 g/mol. The number of hydrogen-bond donors (Lipinski definition) is 2. The summed E-state index contributed by atoms with van der Waals surface area (Å²) in [4.78, 5) is 5.49. The molecule has 0 saturated heterocycles. The molecule has 2 heterocycles. The summed E-state index contributed by atoms with van der Waals surface area (Å²) in [7, 11) is 0. The predicted molar refractivity (Wildman–Crippen MR) is 71.9 cm³/mol. The van der Waals surface area contributed by atoms with Crippen molar-refractivity contribution in [1.82, 2.24) is 9.36 Å². The Morgan fingerprint density at radius 3 is 3.00 bits per heavy atom. The molecule has 0 saturated carbocycles. The fourth-order valence-electron chi connectivity index (χ4n) is 1.33. The Bertz CT molecular complexity index is 494. The number of anilines is 2. The molecule has 0 amide bonds. The first kappa shape index (κ1) is 12.1. The molecule has 17 heavy (non-hydrogen) atoms. The second kappa shape index (κ2) is 5.33. The van der Waals surface area contributed by atoms with Crippen molar-refractivity contribution in [3.05, 3.63) is 16.1 Å². The number of nitrogen functional groups attached to an aromatic ring is 1. The van der Waals surface area contributed by atoms with Crippen LogP contribution >= 0.6 is 22.9 Å². The fourth-order valence-corrected chi connectivity index (χ4v) is 2.71. The number of aryl methyl sites for hydroxylation is 1. The van der Waals surface area contributed by atoms with E-state index in [0.29, 0.717) is 24.7 Å². The van der Waals surface area contributed by atoms with Gasteiger partial charge < -0.3 is 15.8 Å². The lowest BCUT2D eigenvalue weighted by atomic mass is 10.5.